The molecular weight excluding hydrogens is 372 g/mol. The third kappa shape index (κ3) is 3.31. The van der Waals surface area contributed by atoms with Gasteiger partial charge in [0.2, 0.25) is 11.8 Å². The van der Waals surface area contributed by atoms with Gasteiger partial charge in [0.05, 0.1) is 28.8 Å². The number of aromatic carboxylic acids is 1. The van der Waals surface area contributed by atoms with Crippen LogP contribution in [0.3, 0.4) is 0 Å². The van der Waals surface area contributed by atoms with E-state index in [4.69, 9.17) is 0 Å². The molecule has 1 heterocycles. The molecular formula is C22H18N2O5. The Morgan fingerprint density at radius 1 is 0.931 bits per heavy atom. The molecule has 0 radical (unpaired) electrons. The van der Waals surface area contributed by atoms with E-state index in [0.717, 1.165) is 4.90 Å². The molecule has 146 valence electrons. The van der Waals surface area contributed by atoms with E-state index >= 15 is 0 Å². The van der Waals surface area contributed by atoms with Crippen molar-refractivity contribution in [2.45, 2.75) is 12.8 Å². The van der Waals surface area contributed by atoms with Crippen LogP contribution in [0.1, 0.15) is 33.6 Å². The molecule has 0 spiro atoms. The molecule has 7 nitrogen and oxygen atoms in total. The van der Waals surface area contributed by atoms with Gasteiger partial charge in [-0.3, -0.25) is 19.3 Å². The van der Waals surface area contributed by atoms with Crippen LogP contribution >= 0.6 is 0 Å². The van der Waals surface area contributed by atoms with Crippen LogP contribution in [0.25, 0.3) is 0 Å². The monoisotopic (exact) mass is 390 g/mol. The molecule has 1 aliphatic carbocycles. The molecule has 2 aromatic rings. The van der Waals surface area contributed by atoms with Crippen molar-refractivity contribution in [2.24, 2.45) is 11.8 Å². The second-order valence-corrected chi connectivity index (χ2v) is 7.02. The van der Waals surface area contributed by atoms with E-state index in [1.54, 1.807) is 30.3 Å². The second-order valence-electron chi connectivity index (χ2n) is 7.02. The molecule has 0 bridgehead atoms. The lowest BCUT2D eigenvalue weighted by Gasteiger charge is -2.16. The third-order valence-electron chi connectivity index (χ3n) is 5.28. The molecule has 4 rings (SSSR count). The Morgan fingerprint density at radius 3 is 2.24 bits per heavy atom. The first kappa shape index (κ1) is 18.6. The molecule has 2 aromatic carbocycles. The van der Waals surface area contributed by atoms with Crippen LogP contribution in [0.15, 0.2) is 60.7 Å². The standard InChI is InChI=1S/C22H18N2O5/c25-19(23-18-11-4-3-10-17(18)22(28)29)13-6-5-7-14(12-13)24-20(26)15-8-1-2-9-16(15)21(24)27/h1-7,10-12,15-16H,8-9H2,(H,23,25)(H,28,29)/t15-,16-/m1/s1. The van der Waals surface area contributed by atoms with Gasteiger partial charge in [-0.1, -0.05) is 30.4 Å². The lowest BCUT2D eigenvalue weighted by molar-refractivity contribution is -0.122. The highest BCUT2D eigenvalue weighted by molar-refractivity contribution is 6.22. The number of amides is 3. The number of rotatable bonds is 4. The van der Waals surface area contributed by atoms with Crippen LogP contribution in [0, 0.1) is 11.8 Å². The first-order valence-electron chi connectivity index (χ1n) is 9.24. The average Bonchev–Trinajstić information content (AvgIpc) is 2.99. The maximum absolute atomic E-state index is 12.7. The Kier molecular flexibility index (Phi) is 4.72. The largest absolute Gasteiger partial charge is 0.478 e. The van der Waals surface area contributed by atoms with Crippen molar-refractivity contribution >= 4 is 35.1 Å². The van der Waals surface area contributed by atoms with Gasteiger partial charge in [0, 0.05) is 5.56 Å². The molecule has 1 fully saturated rings. The van der Waals surface area contributed by atoms with E-state index in [1.807, 2.05) is 12.2 Å². The van der Waals surface area contributed by atoms with Crippen LogP contribution < -0.4 is 10.2 Å². The summed E-state index contributed by atoms with van der Waals surface area (Å²) in [5.74, 6) is -2.89. The molecule has 2 N–H and O–H groups in total. The number of nitrogens with zero attached hydrogens (tertiary/aromatic N) is 1. The van der Waals surface area contributed by atoms with Crippen LogP contribution in [0.5, 0.6) is 0 Å². The predicted octanol–water partition coefficient (Wildman–Crippen LogP) is 3.09. The normalized spacial score (nSPS) is 20.5. The molecule has 2 atom stereocenters. The van der Waals surface area contributed by atoms with Gasteiger partial charge in [-0.2, -0.15) is 0 Å². The molecule has 0 aromatic heterocycles. The van der Waals surface area contributed by atoms with E-state index in [-0.39, 0.29) is 40.5 Å². The summed E-state index contributed by atoms with van der Waals surface area (Å²) in [4.78, 5) is 50.6. The Morgan fingerprint density at radius 2 is 1.59 bits per heavy atom. The number of anilines is 2. The van der Waals surface area contributed by atoms with Crippen molar-refractivity contribution in [3.05, 3.63) is 71.8 Å². The minimum atomic E-state index is -1.15. The number of allylic oxidation sites excluding steroid dienone is 2. The van der Waals surface area contributed by atoms with Gasteiger partial charge >= 0.3 is 5.97 Å². The number of imide groups is 1. The maximum Gasteiger partial charge on any atom is 0.337 e. The van der Waals surface area contributed by atoms with Gasteiger partial charge in [-0.15, -0.1) is 0 Å². The van der Waals surface area contributed by atoms with Crippen molar-refractivity contribution in [3.8, 4) is 0 Å². The number of hydrogen-bond donors (Lipinski definition) is 2. The van der Waals surface area contributed by atoms with E-state index in [1.165, 1.54) is 18.2 Å². The summed E-state index contributed by atoms with van der Waals surface area (Å²) in [6, 6.07) is 12.3. The maximum atomic E-state index is 12.7. The molecule has 1 aliphatic heterocycles. The van der Waals surface area contributed by atoms with Crippen LogP contribution in [0.2, 0.25) is 0 Å². The van der Waals surface area contributed by atoms with Gasteiger partial charge in [0.1, 0.15) is 0 Å². The number of carbonyl (C=O) groups excluding carboxylic acids is 3. The van der Waals surface area contributed by atoms with E-state index < -0.39 is 11.9 Å². The van der Waals surface area contributed by atoms with Gasteiger partial charge in [-0.05, 0) is 43.2 Å². The number of para-hydroxylation sites is 1. The fourth-order valence-electron chi connectivity index (χ4n) is 3.81. The van der Waals surface area contributed by atoms with Gasteiger partial charge in [0.15, 0.2) is 0 Å². The van der Waals surface area contributed by atoms with Crippen molar-refractivity contribution in [1.29, 1.82) is 0 Å². The van der Waals surface area contributed by atoms with Crippen LogP contribution in [-0.2, 0) is 9.59 Å². The van der Waals surface area contributed by atoms with E-state index in [0.29, 0.717) is 18.5 Å². The SMILES string of the molecule is O=C(Nc1ccccc1C(=O)O)c1cccc(N2C(=O)[C@@H]3CC=CC[C@H]3C2=O)c1. The van der Waals surface area contributed by atoms with Gasteiger partial charge in [0.25, 0.3) is 5.91 Å². The first-order chi connectivity index (χ1) is 14.0. The highest BCUT2D eigenvalue weighted by atomic mass is 16.4. The van der Waals surface area contributed by atoms with E-state index in [2.05, 4.69) is 5.32 Å². The molecule has 3 amide bonds. The topological polar surface area (TPSA) is 104 Å². The number of nitrogens with one attached hydrogen (secondary N) is 1. The minimum Gasteiger partial charge on any atom is -0.478 e. The Hall–Kier alpha value is -3.74. The number of benzene rings is 2. The lowest BCUT2D eigenvalue weighted by atomic mass is 9.85. The number of carboxylic acid groups (broad SMARTS) is 1. The summed E-state index contributed by atoms with van der Waals surface area (Å²) in [6.07, 6.45) is 4.91. The smallest absolute Gasteiger partial charge is 0.337 e. The quantitative estimate of drug-likeness (QED) is 0.617. The van der Waals surface area contributed by atoms with Gasteiger partial charge in [-0.25, -0.2) is 4.79 Å². The summed E-state index contributed by atoms with van der Waals surface area (Å²) in [5.41, 5.74) is 0.698. The summed E-state index contributed by atoms with van der Waals surface area (Å²) >= 11 is 0. The Labute approximate surface area is 166 Å². The van der Waals surface area contributed by atoms with Crippen LogP contribution in [0.4, 0.5) is 11.4 Å². The summed E-state index contributed by atoms with van der Waals surface area (Å²) in [6.45, 7) is 0. The zero-order valence-corrected chi connectivity index (χ0v) is 15.4. The van der Waals surface area contributed by atoms with Gasteiger partial charge < -0.3 is 10.4 Å². The number of hydrogen-bond acceptors (Lipinski definition) is 4. The lowest BCUT2D eigenvalue weighted by Crippen LogP contribution is -2.31. The number of carboxylic acids is 1. The molecule has 29 heavy (non-hydrogen) atoms. The number of carbonyl (C=O) groups is 4. The fraction of sp³-hybridized carbons (Fsp3) is 0.182. The third-order valence-corrected chi connectivity index (χ3v) is 5.28. The highest BCUT2D eigenvalue weighted by Gasteiger charge is 2.47. The minimum absolute atomic E-state index is 0.0292. The number of fused-ring (bicyclic) bond motifs is 1. The van der Waals surface area contributed by atoms with Crippen LogP contribution in [-0.4, -0.2) is 28.8 Å². The predicted molar refractivity (Wildman–Crippen MR) is 106 cm³/mol. The first-order valence-corrected chi connectivity index (χ1v) is 9.24. The average molecular weight is 390 g/mol. The molecule has 7 heteroatoms. The highest BCUT2D eigenvalue weighted by Crippen LogP contribution is 2.37. The van der Waals surface area contributed by atoms with Crippen molar-refractivity contribution in [1.82, 2.24) is 0 Å². The molecule has 1 saturated heterocycles. The molecule has 0 unspecified atom stereocenters. The van der Waals surface area contributed by atoms with Crippen molar-refractivity contribution in [2.75, 3.05) is 10.2 Å². The van der Waals surface area contributed by atoms with E-state index in [9.17, 15) is 24.3 Å². The molecule has 2 aliphatic rings. The second kappa shape index (κ2) is 7.35. The molecule has 0 saturated carbocycles. The van der Waals surface area contributed by atoms with Crippen molar-refractivity contribution < 1.29 is 24.3 Å². The zero-order valence-electron chi connectivity index (χ0n) is 15.4. The zero-order chi connectivity index (χ0) is 20.5. The Bertz CT molecular complexity index is 1030. The summed E-state index contributed by atoms with van der Waals surface area (Å²) in [5, 5.41) is 11.8. The summed E-state index contributed by atoms with van der Waals surface area (Å²) in [7, 11) is 0. The summed E-state index contributed by atoms with van der Waals surface area (Å²) < 4.78 is 0. The van der Waals surface area contributed by atoms with Crippen molar-refractivity contribution in [3.63, 3.8) is 0 Å². The fourth-order valence-corrected chi connectivity index (χ4v) is 3.81. The Balaban J connectivity index is 1.60.